The average molecular weight is 517 g/mol. The van der Waals surface area contributed by atoms with Crippen molar-refractivity contribution in [3.05, 3.63) is 47.5 Å². The number of nitrogen functional groups attached to an aromatic ring is 1. The summed E-state index contributed by atoms with van der Waals surface area (Å²) in [4.78, 5) is 11.2. The molecule has 0 bridgehead atoms. The molecule has 11 heteroatoms. The van der Waals surface area contributed by atoms with Crippen LogP contribution in [-0.2, 0) is 9.84 Å². The number of rotatable bonds is 8. The highest BCUT2D eigenvalue weighted by Crippen LogP contribution is 2.36. The molecule has 1 saturated heterocycles. The summed E-state index contributed by atoms with van der Waals surface area (Å²) in [5.74, 6) is 1.05. The van der Waals surface area contributed by atoms with E-state index in [4.69, 9.17) is 22.1 Å². The first-order chi connectivity index (χ1) is 16.7. The molecular weight excluding hydrogens is 488 g/mol. The molecule has 4 N–H and O–H groups in total. The molecular formula is C24H29ClN6O3S. The number of nitrogens with two attached hydrogens (primary N) is 1. The Bertz CT molecular complexity index is 1330. The van der Waals surface area contributed by atoms with Crippen LogP contribution in [0.1, 0.15) is 26.7 Å². The number of hydrogen-bond donors (Lipinski definition) is 3. The molecule has 2 aromatic carbocycles. The maximum Gasteiger partial charge on any atom is 0.231 e. The Hall–Kier alpha value is -3.24. The normalized spacial score (nSPS) is 13.8. The van der Waals surface area contributed by atoms with Gasteiger partial charge in [0.1, 0.15) is 16.6 Å². The van der Waals surface area contributed by atoms with Gasteiger partial charge in [0.25, 0.3) is 0 Å². The number of anilines is 6. The summed E-state index contributed by atoms with van der Waals surface area (Å²) < 4.78 is 31.3. The monoisotopic (exact) mass is 516 g/mol. The van der Waals surface area contributed by atoms with Crippen molar-refractivity contribution in [3.63, 3.8) is 0 Å². The standard InChI is InChI=1S/C24H29ClN6O3S/c1-15(2)35(32,33)20-9-5-4-8-18(20)27-23-21(25)22(26)29-24(30-23)28-17-11-10-16(14-19(17)34-3)31-12-6-7-13-31/h4-5,8-11,14-15H,6-7,12-13H2,1-3H3,(H4,26,27,28,29,30). The smallest absolute Gasteiger partial charge is 0.231 e. The molecule has 0 saturated carbocycles. The quantitative estimate of drug-likeness (QED) is 0.380. The SMILES string of the molecule is COc1cc(N2CCCC2)ccc1Nc1nc(N)c(Cl)c(Nc2ccccc2S(=O)(=O)C(C)C)n1. The number of ether oxygens (including phenoxy) is 1. The Morgan fingerprint density at radius 1 is 1.06 bits per heavy atom. The van der Waals surface area contributed by atoms with Gasteiger partial charge in [-0.1, -0.05) is 23.7 Å². The third-order valence-electron chi connectivity index (χ3n) is 5.85. The van der Waals surface area contributed by atoms with Crippen molar-refractivity contribution < 1.29 is 13.2 Å². The third-order valence-corrected chi connectivity index (χ3v) is 8.43. The van der Waals surface area contributed by atoms with Crippen molar-refractivity contribution >= 4 is 56.1 Å². The predicted octanol–water partition coefficient (Wildman–Crippen LogP) is 4.99. The molecule has 1 fully saturated rings. The van der Waals surface area contributed by atoms with E-state index in [-0.39, 0.29) is 27.5 Å². The summed E-state index contributed by atoms with van der Waals surface area (Å²) in [6.07, 6.45) is 2.36. The van der Waals surface area contributed by atoms with Gasteiger partial charge in [0.05, 0.1) is 28.6 Å². The number of aromatic nitrogens is 2. The highest BCUT2D eigenvalue weighted by Gasteiger charge is 2.23. The second-order valence-corrected chi connectivity index (χ2v) is 11.4. The summed E-state index contributed by atoms with van der Waals surface area (Å²) in [5, 5.41) is 5.65. The van der Waals surface area contributed by atoms with Gasteiger partial charge in [-0.25, -0.2) is 8.42 Å². The first-order valence-corrected chi connectivity index (χ1v) is 13.3. The lowest BCUT2D eigenvalue weighted by molar-refractivity contribution is 0.417. The summed E-state index contributed by atoms with van der Waals surface area (Å²) in [7, 11) is -1.94. The Labute approximate surface area is 210 Å². The van der Waals surface area contributed by atoms with Crippen LogP contribution in [0.15, 0.2) is 47.4 Å². The minimum absolute atomic E-state index is 0.0449. The summed E-state index contributed by atoms with van der Waals surface area (Å²) in [6, 6.07) is 12.5. The summed E-state index contributed by atoms with van der Waals surface area (Å²) in [5.41, 5.74) is 8.15. The number of sulfone groups is 1. The molecule has 0 spiro atoms. The van der Waals surface area contributed by atoms with Crippen LogP contribution in [0.25, 0.3) is 0 Å². The zero-order valence-electron chi connectivity index (χ0n) is 19.9. The molecule has 9 nitrogen and oxygen atoms in total. The van der Waals surface area contributed by atoms with Gasteiger partial charge in [-0.05, 0) is 51.0 Å². The number of methoxy groups -OCH3 is 1. The Morgan fingerprint density at radius 2 is 1.77 bits per heavy atom. The van der Waals surface area contributed by atoms with Gasteiger partial charge in [0.2, 0.25) is 5.95 Å². The van der Waals surface area contributed by atoms with Crippen LogP contribution in [0, 0.1) is 0 Å². The zero-order valence-corrected chi connectivity index (χ0v) is 21.4. The fourth-order valence-corrected chi connectivity index (χ4v) is 5.21. The first kappa shape index (κ1) is 24.9. The molecule has 4 rings (SSSR count). The summed E-state index contributed by atoms with van der Waals surface area (Å²) in [6.45, 7) is 5.31. The van der Waals surface area contributed by atoms with E-state index in [1.54, 1.807) is 45.2 Å². The molecule has 186 valence electrons. The lowest BCUT2D eigenvalue weighted by atomic mass is 10.2. The van der Waals surface area contributed by atoms with Crippen LogP contribution in [0.4, 0.5) is 34.6 Å². The molecule has 1 aromatic heterocycles. The molecule has 2 heterocycles. The van der Waals surface area contributed by atoms with E-state index in [0.717, 1.165) is 18.8 Å². The fourth-order valence-electron chi connectivity index (χ4n) is 3.88. The van der Waals surface area contributed by atoms with E-state index >= 15 is 0 Å². The van der Waals surface area contributed by atoms with E-state index in [1.165, 1.54) is 12.8 Å². The van der Waals surface area contributed by atoms with Crippen LogP contribution in [0.3, 0.4) is 0 Å². The number of hydrogen-bond acceptors (Lipinski definition) is 9. The van der Waals surface area contributed by atoms with Crippen LogP contribution in [0.2, 0.25) is 5.02 Å². The molecule has 0 atom stereocenters. The number of para-hydroxylation sites is 1. The van der Waals surface area contributed by atoms with Gasteiger partial charge in [0.15, 0.2) is 15.7 Å². The zero-order chi connectivity index (χ0) is 25.2. The van der Waals surface area contributed by atoms with Gasteiger partial charge in [-0.2, -0.15) is 9.97 Å². The topological polar surface area (TPSA) is 122 Å². The van der Waals surface area contributed by atoms with Crippen molar-refractivity contribution in [1.29, 1.82) is 0 Å². The number of nitrogens with one attached hydrogen (secondary N) is 2. The maximum absolute atomic E-state index is 12.8. The highest BCUT2D eigenvalue weighted by atomic mass is 35.5. The van der Waals surface area contributed by atoms with E-state index in [0.29, 0.717) is 17.1 Å². The average Bonchev–Trinajstić information content (AvgIpc) is 3.37. The van der Waals surface area contributed by atoms with E-state index in [1.807, 2.05) is 18.2 Å². The third kappa shape index (κ3) is 5.23. The van der Waals surface area contributed by atoms with Crippen LogP contribution in [0.5, 0.6) is 5.75 Å². The van der Waals surface area contributed by atoms with Crippen molar-refractivity contribution in [2.75, 3.05) is 41.5 Å². The van der Waals surface area contributed by atoms with Crippen molar-refractivity contribution in [2.24, 2.45) is 0 Å². The molecule has 3 aromatic rings. The minimum atomic E-state index is -3.55. The van der Waals surface area contributed by atoms with Crippen molar-refractivity contribution in [1.82, 2.24) is 9.97 Å². The van der Waals surface area contributed by atoms with Crippen molar-refractivity contribution in [3.8, 4) is 5.75 Å². The lowest BCUT2D eigenvalue weighted by Crippen LogP contribution is -2.17. The second-order valence-electron chi connectivity index (χ2n) is 8.51. The Balaban J connectivity index is 1.65. The summed E-state index contributed by atoms with van der Waals surface area (Å²) >= 11 is 6.38. The minimum Gasteiger partial charge on any atom is -0.494 e. The molecule has 1 aliphatic heterocycles. The van der Waals surface area contributed by atoms with Crippen molar-refractivity contribution in [2.45, 2.75) is 36.8 Å². The van der Waals surface area contributed by atoms with E-state index < -0.39 is 15.1 Å². The lowest BCUT2D eigenvalue weighted by Gasteiger charge is -2.20. The first-order valence-electron chi connectivity index (χ1n) is 11.3. The molecule has 0 radical (unpaired) electrons. The molecule has 0 aliphatic carbocycles. The maximum atomic E-state index is 12.8. The molecule has 0 amide bonds. The van der Waals surface area contributed by atoms with Crippen LogP contribution < -0.4 is 26.0 Å². The van der Waals surface area contributed by atoms with Gasteiger partial charge in [-0.3, -0.25) is 0 Å². The van der Waals surface area contributed by atoms with E-state index in [9.17, 15) is 8.42 Å². The fraction of sp³-hybridized carbons (Fsp3) is 0.333. The second kappa shape index (κ2) is 10.2. The Kier molecular flexibility index (Phi) is 7.23. The van der Waals surface area contributed by atoms with E-state index in [2.05, 4.69) is 25.5 Å². The van der Waals surface area contributed by atoms with Gasteiger partial charge in [0, 0.05) is 24.8 Å². The number of nitrogens with zero attached hydrogens (tertiary/aromatic N) is 3. The molecule has 0 unspecified atom stereocenters. The predicted molar refractivity (Wildman–Crippen MR) is 141 cm³/mol. The molecule has 35 heavy (non-hydrogen) atoms. The van der Waals surface area contributed by atoms with Crippen LogP contribution >= 0.6 is 11.6 Å². The van der Waals surface area contributed by atoms with Gasteiger partial charge >= 0.3 is 0 Å². The number of halogens is 1. The largest absolute Gasteiger partial charge is 0.494 e. The van der Waals surface area contributed by atoms with Gasteiger partial charge in [-0.15, -0.1) is 0 Å². The van der Waals surface area contributed by atoms with Gasteiger partial charge < -0.3 is 26.0 Å². The number of benzene rings is 2. The highest BCUT2D eigenvalue weighted by molar-refractivity contribution is 7.92. The van der Waals surface area contributed by atoms with Crippen LogP contribution in [-0.4, -0.2) is 43.8 Å². The molecule has 1 aliphatic rings. The Morgan fingerprint density at radius 3 is 2.46 bits per heavy atom.